The minimum Gasteiger partial charge on any atom is -0.394 e. The topological polar surface area (TPSA) is 86.3 Å². The molecule has 0 amide bonds. The Labute approximate surface area is 137 Å². The molecule has 0 saturated heterocycles. The Morgan fingerprint density at radius 1 is 1.26 bits per heavy atom. The molecule has 0 aliphatic carbocycles. The number of hydrogen-bond donors (Lipinski definition) is 1. The fraction of sp³-hybridized carbons (Fsp3) is 0.125. The number of oxime groups is 1. The lowest BCUT2D eigenvalue weighted by Crippen LogP contribution is -2.00. The van der Waals surface area contributed by atoms with Gasteiger partial charge in [-0.2, -0.15) is 0 Å². The second-order valence-corrected chi connectivity index (χ2v) is 5.84. The molecule has 0 unspecified atom stereocenters. The number of nitrogens with two attached hydrogens (primary N) is 1. The second kappa shape index (κ2) is 6.53. The van der Waals surface area contributed by atoms with Crippen LogP contribution >= 0.6 is 11.3 Å². The molecule has 0 aromatic carbocycles. The molecule has 3 heterocycles. The second-order valence-electron chi connectivity index (χ2n) is 4.84. The molecule has 3 rings (SSSR count). The van der Waals surface area contributed by atoms with E-state index in [2.05, 4.69) is 20.1 Å². The molecule has 0 spiro atoms. The van der Waals surface area contributed by atoms with Crippen LogP contribution in [0.4, 0.5) is 5.69 Å². The number of rotatable bonds is 4. The predicted molar refractivity (Wildman–Crippen MR) is 91.6 cm³/mol. The van der Waals surface area contributed by atoms with Crippen LogP contribution in [-0.4, -0.2) is 20.7 Å². The molecule has 7 heteroatoms. The summed E-state index contributed by atoms with van der Waals surface area (Å²) in [6.45, 7) is 3.81. The Kier molecular flexibility index (Phi) is 4.29. The van der Waals surface area contributed by atoms with Crippen LogP contribution in [-0.2, 0) is 0 Å². The number of aromatic nitrogens is 3. The summed E-state index contributed by atoms with van der Waals surface area (Å²) >= 11 is 1.55. The van der Waals surface area contributed by atoms with Gasteiger partial charge in [0.05, 0.1) is 22.0 Å². The highest BCUT2D eigenvalue weighted by Crippen LogP contribution is 2.28. The molecule has 3 aromatic heterocycles. The zero-order valence-corrected chi connectivity index (χ0v) is 13.5. The molecule has 0 bridgehead atoms. The number of anilines is 1. The monoisotopic (exact) mass is 325 g/mol. The first-order valence-corrected chi connectivity index (χ1v) is 7.77. The van der Waals surface area contributed by atoms with Crippen molar-refractivity contribution in [1.29, 1.82) is 0 Å². The van der Waals surface area contributed by atoms with Crippen molar-refractivity contribution in [2.75, 3.05) is 5.73 Å². The average molecular weight is 325 g/mol. The van der Waals surface area contributed by atoms with Crippen molar-refractivity contribution in [3.63, 3.8) is 0 Å². The Balaban J connectivity index is 1.85. The molecule has 2 N–H and O–H groups in total. The molecular formula is C16H15N5OS. The largest absolute Gasteiger partial charge is 0.394 e. The minimum atomic E-state index is 0.293. The number of thiazole rings is 1. The zero-order valence-electron chi connectivity index (χ0n) is 12.7. The van der Waals surface area contributed by atoms with Gasteiger partial charge in [-0.3, -0.25) is 4.98 Å². The fourth-order valence-corrected chi connectivity index (χ4v) is 2.97. The highest BCUT2D eigenvalue weighted by Gasteiger charge is 2.12. The third-order valence-electron chi connectivity index (χ3n) is 3.10. The molecule has 0 atom stereocenters. The van der Waals surface area contributed by atoms with Gasteiger partial charge in [-0.05, 0) is 38.1 Å². The quantitative estimate of drug-likeness (QED) is 0.587. The summed E-state index contributed by atoms with van der Waals surface area (Å²) in [5.74, 6) is 0.293. The minimum absolute atomic E-state index is 0.293. The van der Waals surface area contributed by atoms with Gasteiger partial charge in [0.2, 0.25) is 0 Å². The Morgan fingerprint density at radius 2 is 2.09 bits per heavy atom. The van der Waals surface area contributed by atoms with Crippen molar-refractivity contribution in [1.82, 2.24) is 15.0 Å². The van der Waals surface area contributed by atoms with Crippen LogP contribution < -0.4 is 10.6 Å². The first-order valence-electron chi connectivity index (χ1n) is 6.95. The number of nitrogen functional groups attached to an aromatic ring is 1. The van der Waals surface area contributed by atoms with Gasteiger partial charge in [-0.15, -0.1) is 11.3 Å². The van der Waals surface area contributed by atoms with Crippen molar-refractivity contribution in [2.45, 2.75) is 13.8 Å². The number of aryl methyl sites for hydroxylation is 1. The summed E-state index contributed by atoms with van der Waals surface area (Å²) in [4.78, 5) is 19.0. The van der Waals surface area contributed by atoms with E-state index in [4.69, 9.17) is 10.6 Å². The van der Waals surface area contributed by atoms with Gasteiger partial charge in [0.25, 0.3) is 5.88 Å². The van der Waals surface area contributed by atoms with Crippen molar-refractivity contribution in [2.24, 2.45) is 5.16 Å². The van der Waals surface area contributed by atoms with Crippen LogP contribution in [0.3, 0.4) is 0 Å². The van der Waals surface area contributed by atoms with Crippen LogP contribution in [0.5, 0.6) is 5.88 Å². The molecule has 0 aliphatic heterocycles. The highest BCUT2D eigenvalue weighted by atomic mass is 32.1. The molecule has 3 aromatic rings. The zero-order chi connectivity index (χ0) is 16.2. The standard InChI is InChI=1S/C16H15N5OS/c1-10-14(23-16(20-10)12-5-3-7-18-9-12)11(2)21-22-15-13(17)6-4-8-19-15/h3-9H,17H2,1-2H3/b21-11+. The predicted octanol–water partition coefficient (Wildman–Crippen LogP) is 3.29. The fourth-order valence-electron chi connectivity index (χ4n) is 1.98. The number of nitrogens with zero attached hydrogens (tertiary/aromatic N) is 4. The first-order chi connectivity index (χ1) is 11.1. The van der Waals surface area contributed by atoms with Gasteiger partial charge in [-0.1, -0.05) is 5.16 Å². The molecule has 6 nitrogen and oxygen atoms in total. The van der Waals surface area contributed by atoms with Gasteiger partial charge < -0.3 is 10.6 Å². The third kappa shape index (κ3) is 3.35. The van der Waals surface area contributed by atoms with Gasteiger partial charge in [-0.25, -0.2) is 9.97 Å². The molecule has 116 valence electrons. The van der Waals surface area contributed by atoms with E-state index in [1.165, 1.54) is 0 Å². The number of pyridine rings is 2. The highest BCUT2D eigenvalue weighted by molar-refractivity contribution is 7.17. The van der Waals surface area contributed by atoms with Crippen LogP contribution in [0.1, 0.15) is 17.5 Å². The lowest BCUT2D eigenvalue weighted by molar-refractivity contribution is 0.329. The van der Waals surface area contributed by atoms with Crippen molar-refractivity contribution in [3.05, 3.63) is 53.4 Å². The maximum Gasteiger partial charge on any atom is 0.271 e. The van der Waals surface area contributed by atoms with Crippen LogP contribution in [0.15, 0.2) is 48.0 Å². The Hall–Kier alpha value is -2.80. The van der Waals surface area contributed by atoms with Gasteiger partial charge in [0.15, 0.2) is 0 Å². The van der Waals surface area contributed by atoms with Crippen molar-refractivity contribution in [3.8, 4) is 16.5 Å². The Morgan fingerprint density at radius 3 is 2.83 bits per heavy atom. The normalized spacial score (nSPS) is 11.5. The number of hydrogen-bond acceptors (Lipinski definition) is 7. The summed E-state index contributed by atoms with van der Waals surface area (Å²) in [5, 5.41) is 5.02. The van der Waals surface area contributed by atoms with Gasteiger partial charge in [0, 0.05) is 24.2 Å². The maximum absolute atomic E-state index is 5.78. The molecule has 23 heavy (non-hydrogen) atoms. The van der Waals surface area contributed by atoms with E-state index >= 15 is 0 Å². The van der Waals surface area contributed by atoms with E-state index in [0.717, 1.165) is 26.9 Å². The molecule has 0 saturated carbocycles. The van der Waals surface area contributed by atoms with Crippen LogP contribution in [0.25, 0.3) is 10.6 Å². The summed E-state index contributed by atoms with van der Waals surface area (Å²) in [6.07, 6.45) is 5.14. The van der Waals surface area contributed by atoms with Crippen molar-refractivity contribution >= 4 is 22.7 Å². The SMILES string of the molecule is C/C(=N\Oc1ncccc1N)c1sc(-c2cccnc2)nc1C. The molecular weight excluding hydrogens is 310 g/mol. The third-order valence-corrected chi connectivity index (χ3v) is 4.42. The van der Waals surface area contributed by atoms with E-state index < -0.39 is 0 Å². The Bertz CT molecular complexity index is 845. The van der Waals surface area contributed by atoms with E-state index in [0.29, 0.717) is 11.6 Å². The maximum atomic E-state index is 5.78. The van der Waals surface area contributed by atoms with Crippen LogP contribution in [0, 0.1) is 6.92 Å². The smallest absolute Gasteiger partial charge is 0.271 e. The molecule has 0 fully saturated rings. The molecule has 0 radical (unpaired) electrons. The summed E-state index contributed by atoms with van der Waals surface area (Å²) in [5.41, 5.74) is 8.83. The summed E-state index contributed by atoms with van der Waals surface area (Å²) in [6, 6.07) is 7.32. The van der Waals surface area contributed by atoms with Crippen molar-refractivity contribution < 1.29 is 4.84 Å². The van der Waals surface area contributed by atoms with Gasteiger partial charge >= 0.3 is 0 Å². The summed E-state index contributed by atoms with van der Waals surface area (Å²) < 4.78 is 0. The van der Waals surface area contributed by atoms with E-state index in [9.17, 15) is 0 Å². The lowest BCUT2D eigenvalue weighted by Gasteiger charge is -2.02. The van der Waals surface area contributed by atoms with Gasteiger partial charge in [0.1, 0.15) is 5.01 Å². The lowest BCUT2D eigenvalue weighted by atomic mass is 10.3. The molecule has 0 aliphatic rings. The van der Waals surface area contributed by atoms with E-state index in [1.54, 1.807) is 42.1 Å². The van der Waals surface area contributed by atoms with Crippen LogP contribution in [0.2, 0.25) is 0 Å². The average Bonchev–Trinajstić information content (AvgIpc) is 2.97. The van der Waals surface area contributed by atoms with E-state index in [-0.39, 0.29) is 0 Å². The van der Waals surface area contributed by atoms with E-state index in [1.807, 2.05) is 26.0 Å². The summed E-state index contributed by atoms with van der Waals surface area (Å²) in [7, 11) is 0. The first kappa shape index (κ1) is 15.1.